The Kier molecular flexibility index (Phi) is 5.49. The Morgan fingerprint density at radius 2 is 2.40 bits per heavy atom. The third kappa shape index (κ3) is 3.55. The second-order valence-corrected chi connectivity index (χ2v) is 4.94. The molecule has 1 aromatic rings. The van der Waals surface area contributed by atoms with Crippen molar-refractivity contribution in [1.82, 2.24) is 9.88 Å². The molecule has 1 aromatic heterocycles. The molecule has 5 nitrogen and oxygen atoms in total. The van der Waals surface area contributed by atoms with Crippen LogP contribution in [0.1, 0.15) is 18.9 Å². The highest BCUT2D eigenvalue weighted by Gasteiger charge is 2.37. The number of carbonyl (C=O) groups is 1. The van der Waals surface area contributed by atoms with Crippen LogP contribution in [-0.4, -0.2) is 54.8 Å². The quantitative estimate of drug-likeness (QED) is 0.786. The molecule has 0 aliphatic carbocycles. The number of carbonyl (C=O) groups excluding carboxylic acids is 1. The highest BCUT2D eigenvalue weighted by atomic mass is 16.5. The second kappa shape index (κ2) is 7.36. The van der Waals surface area contributed by atoms with Crippen LogP contribution in [0, 0.1) is 0 Å². The van der Waals surface area contributed by atoms with Gasteiger partial charge >= 0.3 is 0 Å². The summed E-state index contributed by atoms with van der Waals surface area (Å²) < 4.78 is 10.8. The highest BCUT2D eigenvalue weighted by molar-refractivity contribution is 5.78. The standard InChI is InChI=1S/C15H22N2O3/c1-3-20-14-6-8-17(15(18)11-19-2)13(14)9-12-5-4-7-16-10-12/h4-5,7,10,13-14H,3,6,8-9,11H2,1-2H3/t13-,14-/m1/s1. The maximum Gasteiger partial charge on any atom is 0.248 e. The number of aromatic nitrogens is 1. The van der Waals surface area contributed by atoms with E-state index in [1.165, 1.54) is 0 Å². The van der Waals surface area contributed by atoms with Gasteiger partial charge in [-0.3, -0.25) is 9.78 Å². The molecule has 5 heteroatoms. The first-order valence-electron chi connectivity index (χ1n) is 7.05. The Morgan fingerprint density at radius 1 is 1.55 bits per heavy atom. The molecule has 2 atom stereocenters. The molecule has 1 aliphatic rings. The van der Waals surface area contributed by atoms with Crippen LogP contribution in [-0.2, 0) is 20.7 Å². The van der Waals surface area contributed by atoms with Crippen molar-refractivity contribution in [2.24, 2.45) is 0 Å². The molecule has 110 valence electrons. The summed E-state index contributed by atoms with van der Waals surface area (Å²) in [6, 6.07) is 4.02. The van der Waals surface area contributed by atoms with Crippen LogP contribution in [0.5, 0.6) is 0 Å². The van der Waals surface area contributed by atoms with E-state index in [9.17, 15) is 4.79 Å². The maximum absolute atomic E-state index is 12.1. The minimum atomic E-state index is 0.0311. The van der Waals surface area contributed by atoms with Gasteiger partial charge in [-0.05, 0) is 31.4 Å². The van der Waals surface area contributed by atoms with Gasteiger partial charge in [0.2, 0.25) is 5.91 Å². The predicted molar refractivity (Wildman–Crippen MR) is 75.3 cm³/mol. The van der Waals surface area contributed by atoms with Gasteiger partial charge in [-0.1, -0.05) is 6.07 Å². The summed E-state index contributed by atoms with van der Waals surface area (Å²) in [6.07, 6.45) is 5.36. The number of nitrogens with zero attached hydrogens (tertiary/aromatic N) is 2. The van der Waals surface area contributed by atoms with Gasteiger partial charge in [0.25, 0.3) is 0 Å². The fourth-order valence-electron chi connectivity index (χ4n) is 2.75. The molecule has 1 saturated heterocycles. The lowest BCUT2D eigenvalue weighted by Gasteiger charge is -2.28. The van der Waals surface area contributed by atoms with Crippen molar-refractivity contribution in [1.29, 1.82) is 0 Å². The third-order valence-electron chi connectivity index (χ3n) is 3.62. The third-order valence-corrected chi connectivity index (χ3v) is 3.62. The highest BCUT2D eigenvalue weighted by Crippen LogP contribution is 2.24. The molecule has 1 amide bonds. The first-order chi connectivity index (χ1) is 9.76. The van der Waals surface area contributed by atoms with Crippen molar-refractivity contribution in [2.75, 3.05) is 26.9 Å². The molecule has 20 heavy (non-hydrogen) atoms. The van der Waals surface area contributed by atoms with E-state index < -0.39 is 0 Å². The zero-order valence-electron chi connectivity index (χ0n) is 12.1. The number of rotatable bonds is 6. The van der Waals surface area contributed by atoms with Gasteiger partial charge in [-0.15, -0.1) is 0 Å². The molecule has 0 radical (unpaired) electrons. The largest absolute Gasteiger partial charge is 0.376 e. The average molecular weight is 278 g/mol. The van der Waals surface area contributed by atoms with Gasteiger partial charge in [0.15, 0.2) is 0 Å². The number of methoxy groups -OCH3 is 1. The monoisotopic (exact) mass is 278 g/mol. The molecule has 1 fully saturated rings. The van der Waals surface area contributed by atoms with Crippen LogP contribution in [0.25, 0.3) is 0 Å². The summed E-state index contributed by atoms with van der Waals surface area (Å²) in [7, 11) is 1.55. The van der Waals surface area contributed by atoms with Crippen LogP contribution in [0.3, 0.4) is 0 Å². The number of hydrogen-bond acceptors (Lipinski definition) is 4. The van der Waals surface area contributed by atoms with E-state index in [1.54, 1.807) is 13.3 Å². The Morgan fingerprint density at radius 3 is 3.05 bits per heavy atom. The molecule has 2 rings (SSSR count). The molecule has 0 aromatic carbocycles. The molecule has 0 bridgehead atoms. The van der Waals surface area contributed by atoms with E-state index in [0.717, 1.165) is 24.9 Å². The van der Waals surface area contributed by atoms with Crippen molar-refractivity contribution < 1.29 is 14.3 Å². The van der Waals surface area contributed by atoms with Gasteiger partial charge in [0.05, 0.1) is 12.1 Å². The Balaban J connectivity index is 2.10. The average Bonchev–Trinajstić information content (AvgIpc) is 2.84. The summed E-state index contributed by atoms with van der Waals surface area (Å²) in [5.41, 5.74) is 1.12. The first kappa shape index (κ1) is 14.9. The van der Waals surface area contributed by atoms with Crippen LogP contribution in [0.2, 0.25) is 0 Å². The Labute approximate surface area is 119 Å². The maximum atomic E-state index is 12.1. The van der Waals surface area contributed by atoms with Crippen molar-refractivity contribution in [3.8, 4) is 0 Å². The lowest BCUT2D eigenvalue weighted by Crippen LogP contribution is -2.43. The minimum absolute atomic E-state index is 0.0311. The number of hydrogen-bond donors (Lipinski definition) is 0. The number of amides is 1. The van der Waals surface area contributed by atoms with E-state index in [2.05, 4.69) is 4.98 Å². The zero-order chi connectivity index (χ0) is 14.4. The normalized spacial score (nSPS) is 22.2. The second-order valence-electron chi connectivity index (χ2n) is 4.94. The zero-order valence-corrected chi connectivity index (χ0v) is 12.1. The number of likely N-dealkylation sites (tertiary alicyclic amines) is 1. The fourth-order valence-corrected chi connectivity index (χ4v) is 2.75. The van der Waals surface area contributed by atoms with E-state index in [0.29, 0.717) is 6.61 Å². The van der Waals surface area contributed by atoms with Gasteiger partial charge in [-0.2, -0.15) is 0 Å². The molecular formula is C15H22N2O3. The topological polar surface area (TPSA) is 51.7 Å². The van der Waals surface area contributed by atoms with Crippen molar-refractivity contribution in [3.05, 3.63) is 30.1 Å². The van der Waals surface area contributed by atoms with Crippen LogP contribution >= 0.6 is 0 Å². The van der Waals surface area contributed by atoms with Gasteiger partial charge in [-0.25, -0.2) is 0 Å². The summed E-state index contributed by atoms with van der Waals surface area (Å²) in [4.78, 5) is 18.1. The van der Waals surface area contributed by atoms with Gasteiger partial charge in [0, 0.05) is 32.7 Å². The summed E-state index contributed by atoms with van der Waals surface area (Å²) >= 11 is 0. The molecule has 0 unspecified atom stereocenters. The molecule has 1 aliphatic heterocycles. The Hall–Kier alpha value is -1.46. The van der Waals surface area contributed by atoms with Crippen LogP contribution < -0.4 is 0 Å². The van der Waals surface area contributed by atoms with Crippen molar-refractivity contribution in [2.45, 2.75) is 31.9 Å². The molecule has 0 saturated carbocycles. The summed E-state index contributed by atoms with van der Waals surface area (Å²) in [5, 5.41) is 0. The molecule has 0 spiro atoms. The smallest absolute Gasteiger partial charge is 0.248 e. The van der Waals surface area contributed by atoms with Crippen molar-refractivity contribution in [3.63, 3.8) is 0 Å². The summed E-state index contributed by atoms with van der Waals surface area (Å²) in [6.45, 7) is 3.52. The van der Waals surface area contributed by atoms with E-state index in [-0.39, 0.29) is 24.7 Å². The lowest BCUT2D eigenvalue weighted by molar-refractivity contribution is -0.137. The molecule has 2 heterocycles. The van der Waals surface area contributed by atoms with E-state index in [4.69, 9.17) is 9.47 Å². The van der Waals surface area contributed by atoms with Gasteiger partial charge < -0.3 is 14.4 Å². The van der Waals surface area contributed by atoms with E-state index >= 15 is 0 Å². The summed E-state index contributed by atoms with van der Waals surface area (Å²) in [5.74, 6) is 0.0311. The van der Waals surface area contributed by atoms with E-state index in [1.807, 2.05) is 30.2 Å². The Bertz CT molecular complexity index is 424. The van der Waals surface area contributed by atoms with Crippen LogP contribution in [0.4, 0.5) is 0 Å². The lowest BCUT2D eigenvalue weighted by atomic mass is 10.0. The van der Waals surface area contributed by atoms with Crippen LogP contribution in [0.15, 0.2) is 24.5 Å². The number of ether oxygens (including phenoxy) is 2. The van der Waals surface area contributed by atoms with Gasteiger partial charge in [0.1, 0.15) is 6.61 Å². The molecular weight excluding hydrogens is 256 g/mol. The first-order valence-corrected chi connectivity index (χ1v) is 7.05. The number of pyridine rings is 1. The predicted octanol–water partition coefficient (Wildman–Crippen LogP) is 1.28. The molecule has 0 N–H and O–H groups in total. The minimum Gasteiger partial charge on any atom is -0.376 e. The van der Waals surface area contributed by atoms with Crippen molar-refractivity contribution >= 4 is 5.91 Å². The fraction of sp³-hybridized carbons (Fsp3) is 0.600. The SMILES string of the molecule is CCO[C@@H]1CCN(C(=O)COC)[C@@H]1Cc1cccnc1.